The molecule has 0 fully saturated rings. The molecule has 0 rings (SSSR count). The van der Waals surface area contributed by atoms with Gasteiger partial charge in [-0.2, -0.15) is 0 Å². The second kappa shape index (κ2) is 18.6. The molecule has 34 heavy (non-hydrogen) atoms. The summed E-state index contributed by atoms with van der Waals surface area (Å²) in [7, 11) is 0. The quantitative estimate of drug-likeness (QED) is 0.120. The lowest BCUT2D eigenvalue weighted by Gasteiger charge is -2.29. The van der Waals surface area contributed by atoms with Crippen molar-refractivity contribution in [3.8, 4) is 0 Å². The number of nitrogens with two attached hydrogens (primary N) is 1. The van der Waals surface area contributed by atoms with Gasteiger partial charge in [0.15, 0.2) is 0 Å². The van der Waals surface area contributed by atoms with Crippen molar-refractivity contribution in [1.82, 2.24) is 0 Å². The molecule has 0 aromatic rings. The van der Waals surface area contributed by atoms with Gasteiger partial charge in [-0.15, -0.1) is 0 Å². The molecule has 0 saturated heterocycles. The third-order valence-corrected chi connectivity index (χ3v) is 6.47. The minimum atomic E-state index is -1.36. The van der Waals surface area contributed by atoms with Gasteiger partial charge in [-0.05, 0) is 24.7 Å². The van der Waals surface area contributed by atoms with Crippen LogP contribution in [-0.2, 0) is 19.1 Å². The van der Waals surface area contributed by atoms with E-state index in [1.54, 1.807) is 0 Å². The number of carboxylic acid groups (broad SMARTS) is 2. The van der Waals surface area contributed by atoms with Crippen molar-refractivity contribution in [2.24, 2.45) is 23.5 Å². The molecular formula is C25H47NO8. The Labute approximate surface area is 204 Å². The minimum absolute atomic E-state index is 0.0999. The normalized spacial score (nSPS) is 16.8. The Morgan fingerprint density at radius 1 is 0.882 bits per heavy atom. The first-order chi connectivity index (χ1) is 16.0. The summed E-state index contributed by atoms with van der Waals surface area (Å²) in [6.45, 7) is 6.15. The second-order valence-electron chi connectivity index (χ2n) is 9.67. The highest BCUT2D eigenvalue weighted by Gasteiger charge is 2.31. The topological polar surface area (TPSA) is 167 Å². The lowest BCUT2D eigenvalue weighted by molar-refractivity contribution is -0.163. The van der Waals surface area contributed by atoms with Gasteiger partial charge in [-0.25, -0.2) is 0 Å². The van der Waals surface area contributed by atoms with E-state index in [1.807, 2.05) is 20.8 Å². The molecule has 0 amide bonds. The second-order valence-corrected chi connectivity index (χ2v) is 9.67. The predicted octanol–water partition coefficient (Wildman–Crippen LogP) is 3.34. The highest BCUT2D eigenvalue weighted by atomic mass is 16.6. The first kappa shape index (κ1) is 32.3. The van der Waals surface area contributed by atoms with Crippen molar-refractivity contribution in [2.75, 3.05) is 6.54 Å². The number of carboxylic acids is 2. The zero-order chi connectivity index (χ0) is 26.1. The summed E-state index contributed by atoms with van der Waals surface area (Å²) in [5.74, 6) is -4.71. The average molecular weight is 490 g/mol. The lowest BCUT2D eigenvalue weighted by atomic mass is 9.89. The van der Waals surface area contributed by atoms with Crippen LogP contribution in [0.2, 0.25) is 0 Å². The number of hydrogen-bond acceptors (Lipinski definition) is 7. The number of aliphatic hydroxyl groups is 2. The summed E-state index contributed by atoms with van der Waals surface area (Å²) in [5, 5.41) is 38.2. The van der Waals surface area contributed by atoms with Gasteiger partial charge in [-0.3, -0.25) is 14.4 Å². The van der Waals surface area contributed by atoms with E-state index < -0.39 is 55.0 Å². The number of rotatable bonds is 21. The number of ether oxygens (including phenoxy) is 1. The van der Waals surface area contributed by atoms with Gasteiger partial charge in [-0.1, -0.05) is 72.1 Å². The first-order valence-corrected chi connectivity index (χ1v) is 12.7. The fraction of sp³-hybridized carbons (Fsp3) is 0.880. The minimum Gasteiger partial charge on any atom is -0.481 e. The van der Waals surface area contributed by atoms with Crippen LogP contribution < -0.4 is 5.73 Å². The van der Waals surface area contributed by atoms with E-state index in [2.05, 4.69) is 0 Å². The van der Waals surface area contributed by atoms with Crippen molar-refractivity contribution < 1.29 is 39.5 Å². The standard InChI is InChI=1S/C25H47NO8/c1-4-18(3)24(31)21(34-23(30)15-19(25(32)33)14-22(28)29)13-17(2)11-9-7-5-6-8-10-12-20(27)16-26/h17-21,24,27,31H,4-16,26H2,1-3H3,(H,28,29)(H,32,33)/t17-,18+,19+,20-,21-,24+/m0/s1. The van der Waals surface area contributed by atoms with Gasteiger partial charge in [0.05, 0.1) is 31.0 Å². The maximum absolute atomic E-state index is 12.4. The van der Waals surface area contributed by atoms with Gasteiger partial charge in [0.25, 0.3) is 0 Å². The van der Waals surface area contributed by atoms with E-state index in [0.717, 1.165) is 51.4 Å². The fourth-order valence-corrected chi connectivity index (χ4v) is 3.95. The van der Waals surface area contributed by atoms with Crippen LogP contribution >= 0.6 is 0 Å². The monoisotopic (exact) mass is 489 g/mol. The molecule has 0 aliphatic carbocycles. The number of carbonyl (C=O) groups excluding carboxylic acids is 1. The Kier molecular flexibility index (Phi) is 17.7. The van der Waals surface area contributed by atoms with Crippen molar-refractivity contribution in [1.29, 1.82) is 0 Å². The van der Waals surface area contributed by atoms with Crippen LogP contribution in [0.25, 0.3) is 0 Å². The summed E-state index contributed by atoms with van der Waals surface area (Å²) in [5.41, 5.74) is 5.40. The maximum Gasteiger partial charge on any atom is 0.307 e. The molecule has 6 N–H and O–H groups in total. The highest BCUT2D eigenvalue weighted by molar-refractivity contribution is 5.82. The molecule has 0 saturated carbocycles. The fourth-order valence-electron chi connectivity index (χ4n) is 3.95. The molecule has 0 bridgehead atoms. The summed E-state index contributed by atoms with van der Waals surface area (Å²) in [6.07, 6.45) is 5.97. The van der Waals surface area contributed by atoms with Gasteiger partial charge < -0.3 is 30.9 Å². The van der Waals surface area contributed by atoms with Crippen LogP contribution in [0.5, 0.6) is 0 Å². The Balaban J connectivity index is 4.60. The molecule has 0 heterocycles. The number of unbranched alkanes of at least 4 members (excludes halogenated alkanes) is 5. The predicted molar refractivity (Wildman–Crippen MR) is 129 cm³/mol. The third-order valence-electron chi connectivity index (χ3n) is 6.47. The first-order valence-electron chi connectivity index (χ1n) is 12.7. The third kappa shape index (κ3) is 15.2. The largest absolute Gasteiger partial charge is 0.481 e. The Morgan fingerprint density at radius 2 is 1.44 bits per heavy atom. The molecule has 0 aromatic heterocycles. The number of aliphatic carboxylic acids is 2. The molecule has 200 valence electrons. The van der Waals surface area contributed by atoms with Gasteiger partial charge in [0.2, 0.25) is 0 Å². The summed E-state index contributed by atoms with van der Waals surface area (Å²) in [4.78, 5) is 34.5. The van der Waals surface area contributed by atoms with E-state index in [0.29, 0.717) is 19.4 Å². The van der Waals surface area contributed by atoms with Crippen LogP contribution in [-0.4, -0.2) is 63.2 Å². The molecule has 0 spiro atoms. The number of hydrogen-bond donors (Lipinski definition) is 5. The lowest BCUT2D eigenvalue weighted by Crippen LogP contribution is -2.38. The van der Waals surface area contributed by atoms with Crippen molar-refractivity contribution in [3.05, 3.63) is 0 Å². The van der Waals surface area contributed by atoms with E-state index >= 15 is 0 Å². The summed E-state index contributed by atoms with van der Waals surface area (Å²) < 4.78 is 5.49. The van der Waals surface area contributed by atoms with E-state index in [9.17, 15) is 29.7 Å². The van der Waals surface area contributed by atoms with Gasteiger partial charge in [0.1, 0.15) is 6.10 Å². The molecule has 0 aliphatic rings. The smallest absolute Gasteiger partial charge is 0.307 e. The van der Waals surface area contributed by atoms with E-state index in [1.165, 1.54) is 0 Å². The van der Waals surface area contributed by atoms with Crippen molar-refractivity contribution in [3.63, 3.8) is 0 Å². The zero-order valence-corrected chi connectivity index (χ0v) is 21.2. The molecule has 6 atom stereocenters. The van der Waals surface area contributed by atoms with Crippen LogP contribution in [0.3, 0.4) is 0 Å². The van der Waals surface area contributed by atoms with Crippen molar-refractivity contribution in [2.45, 2.75) is 116 Å². The molecule has 0 aliphatic heterocycles. The number of carbonyl (C=O) groups is 3. The molecule has 0 radical (unpaired) electrons. The van der Waals surface area contributed by atoms with E-state index in [4.69, 9.17) is 15.6 Å². The highest BCUT2D eigenvalue weighted by Crippen LogP contribution is 2.24. The zero-order valence-electron chi connectivity index (χ0n) is 21.2. The summed E-state index contributed by atoms with van der Waals surface area (Å²) in [6, 6.07) is 0. The van der Waals surface area contributed by atoms with Crippen LogP contribution in [0.15, 0.2) is 0 Å². The number of esters is 1. The summed E-state index contributed by atoms with van der Waals surface area (Å²) >= 11 is 0. The Bertz CT molecular complexity index is 585. The Hall–Kier alpha value is -1.71. The molecule has 9 heteroatoms. The molecule has 9 nitrogen and oxygen atoms in total. The van der Waals surface area contributed by atoms with Crippen LogP contribution in [0, 0.1) is 17.8 Å². The van der Waals surface area contributed by atoms with Gasteiger partial charge >= 0.3 is 17.9 Å². The number of aliphatic hydroxyl groups excluding tert-OH is 2. The maximum atomic E-state index is 12.4. The Morgan fingerprint density at radius 3 is 1.94 bits per heavy atom. The molecular weight excluding hydrogens is 442 g/mol. The molecule has 0 unspecified atom stereocenters. The van der Waals surface area contributed by atoms with Crippen LogP contribution in [0.1, 0.15) is 97.8 Å². The SMILES string of the molecule is CC[C@@H](C)[C@@H](O)[C@H](C[C@@H](C)CCCCCCCC[C@H](O)CN)OC(=O)C[C@@H](CC(=O)O)C(=O)O. The van der Waals surface area contributed by atoms with Crippen molar-refractivity contribution >= 4 is 17.9 Å². The molecule has 0 aromatic carbocycles. The van der Waals surface area contributed by atoms with Crippen LogP contribution in [0.4, 0.5) is 0 Å². The van der Waals surface area contributed by atoms with E-state index in [-0.39, 0.29) is 11.8 Å². The van der Waals surface area contributed by atoms with Gasteiger partial charge in [0, 0.05) is 6.54 Å². The average Bonchev–Trinajstić information content (AvgIpc) is 2.78.